The molecule has 0 N–H and O–H groups in total. The van der Waals surface area contributed by atoms with E-state index in [-0.39, 0.29) is 25.2 Å². The SMILES string of the molecule is CN1CN(Cc2ccccc2)C(=O)C2=C1CCN(C(=O)OCc1ccc(I)cc1)C2. The van der Waals surface area contributed by atoms with Crippen LogP contribution in [0.2, 0.25) is 0 Å². The van der Waals surface area contributed by atoms with Crippen molar-refractivity contribution in [2.45, 2.75) is 19.6 Å². The topological polar surface area (TPSA) is 53.1 Å². The summed E-state index contributed by atoms with van der Waals surface area (Å²) in [7, 11) is 2.00. The fourth-order valence-electron chi connectivity index (χ4n) is 3.86. The lowest BCUT2D eigenvalue weighted by Gasteiger charge is -2.42. The van der Waals surface area contributed by atoms with Gasteiger partial charge in [-0.3, -0.25) is 4.79 Å². The molecular weight excluding hydrogens is 493 g/mol. The first-order chi connectivity index (χ1) is 14.5. The second-order valence-electron chi connectivity index (χ2n) is 7.61. The van der Waals surface area contributed by atoms with Crippen molar-refractivity contribution >= 4 is 34.6 Å². The van der Waals surface area contributed by atoms with Crippen LogP contribution < -0.4 is 0 Å². The van der Waals surface area contributed by atoms with Gasteiger partial charge in [0.2, 0.25) is 0 Å². The van der Waals surface area contributed by atoms with E-state index in [1.807, 2.05) is 66.5 Å². The number of carbonyl (C=O) groups excluding carboxylic acids is 2. The van der Waals surface area contributed by atoms with Crippen LogP contribution in [0, 0.1) is 3.57 Å². The monoisotopic (exact) mass is 517 g/mol. The number of nitrogens with zero attached hydrogens (tertiary/aromatic N) is 3. The smallest absolute Gasteiger partial charge is 0.410 e. The quantitative estimate of drug-likeness (QED) is 0.579. The molecule has 0 aromatic heterocycles. The molecule has 2 amide bonds. The third kappa shape index (κ3) is 4.61. The summed E-state index contributed by atoms with van der Waals surface area (Å²) in [5, 5.41) is 0. The summed E-state index contributed by atoms with van der Waals surface area (Å²) < 4.78 is 6.63. The second-order valence-corrected chi connectivity index (χ2v) is 8.85. The number of benzene rings is 2. The Morgan fingerprint density at radius 2 is 1.80 bits per heavy atom. The van der Waals surface area contributed by atoms with Crippen LogP contribution in [0.3, 0.4) is 0 Å². The summed E-state index contributed by atoms with van der Waals surface area (Å²) in [4.78, 5) is 31.3. The third-order valence-electron chi connectivity index (χ3n) is 5.45. The Bertz CT molecular complexity index is 959. The normalized spacial score (nSPS) is 16.6. The van der Waals surface area contributed by atoms with Crippen molar-refractivity contribution in [3.05, 3.63) is 80.6 Å². The number of ether oxygens (including phenoxy) is 1. The van der Waals surface area contributed by atoms with Gasteiger partial charge in [0.25, 0.3) is 5.91 Å². The van der Waals surface area contributed by atoms with Gasteiger partial charge in [-0.05, 0) is 45.9 Å². The van der Waals surface area contributed by atoms with Crippen molar-refractivity contribution < 1.29 is 14.3 Å². The highest BCUT2D eigenvalue weighted by Gasteiger charge is 2.35. The lowest BCUT2D eigenvalue weighted by atomic mass is 10.0. The molecule has 2 aromatic carbocycles. The summed E-state index contributed by atoms with van der Waals surface area (Å²) in [6.07, 6.45) is 0.283. The molecule has 2 aliphatic heterocycles. The summed E-state index contributed by atoms with van der Waals surface area (Å²) in [6, 6.07) is 17.8. The van der Waals surface area contributed by atoms with Crippen molar-refractivity contribution in [3.63, 3.8) is 0 Å². The molecule has 6 nitrogen and oxygen atoms in total. The van der Waals surface area contributed by atoms with Gasteiger partial charge in [-0.2, -0.15) is 0 Å². The zero-order chi connectivity index (χ0) is 21.1. The third-order valence-corrected chi connectivity index (χ3v) is 6.17. The van der Waals surface area contributed by atoms with Gasteiger partial charge in [-0.25, -0.2) is 4.79 Å². The minimum absolute atomic E-state index is 0.00193. The van der Waals surface area contributed by atoms with Crippen LogP contribution in [0.1, 0.15) is 17.5 Å². The summed E-state index contributed by atoms with van der Waals surface area (Å²) in [5.74, 6) is 0.00193. The molecule has 0 fully saturated rings. The minimum Gasteiger partial charge on any atom is -0.445 e. The van der Waals surface area contributed by atoms with Crippen LogP contribution in [-0.4, -0.2) is 53.5 Å². The van der Waals surface area contributed by atoms with E-state index in [1.165, 1.54) is 0 Å². The van der Waals surface area contributed by atoms with Gasteiger partial charge >= 0.3 is 6.09 Å². The number of carbonyl (C=O) groups is 2. The average molecular weight is 517 g/mol. The number of hydrogen-bond acceptors (Lipinski definition) is 4. The predicted molar refractivity (Wildman–Crippen MR) is 122 cm³/mol. The van der Waals surface area contributed by atoms with Gasteiger partial charge in [0.1, 0.15) is 6.61 Å². The maximum absolute atomic E-state index is 13.2. The van der Waals surface area contributed by atoms with Crippen LogP contribution in [0.4, 0.5) is 4.79 Å². The Balaban J connectivity index is 1.41. The molecule has 0 aliphatic carbocycles. The van der Waals surface area contributed by atoms with E-state index in [4.69, 9.17) is 4.74 Å². The molecular formula is C23H24IN3O3. The maximum atomic E-state index is 13.2. The summed E-state index contributed by atoms with van der Waals surface area (Å²) in [6.45, 7) is 2.18. The van der Waals surface area contributed by atoms with Crippen molar-refractivity contribution in [1.82, 2.24) is 14.7 Å². The average Bonchev–Trinajstić information content (AvgIpc) is 2.77. The molecule has 4 rings (SSSR count). The van der Waals surface area contributed by atoms with Gasteiger partial charge in [-0.15, -0.1) is 0 Å². The standard InChI is InChI=1S/C23H24IN3O3/c1-25-16-27(13-17-5-3-2-4-6-17)22(28)20-14-26(12-11-21(20)25)23(29)30-15-18-7-9-19(24)10-8-18/h2-10H,11-16H2,1H3. The highest BCUT2D eigenvalue weighted by molar-refractivity contribution is 14.1. The first-order valence-corrected chi connectivity index (χ1v) is 11.0. The van der Waals surface area contributed by atoms with E-state index < -0.39 is 0 Å². The highest BCUT2D eigenvalue weighted by Crippen LogP contribution is 2.28. The van der Waals surface area contributed by atoms with Gasteiger partial charge in [-0.1, -0.05) is 42.5 Å². The van der Waals surface area contributed by atoms with Crippen LogP contribution in [0.5, 0.6) is 0 Å². The molecule has 0 unspecified atom stereocenters. The van der Waals surface area contributed by atoms with E-state index >= 15 is 0 Å². The van der Waals surface area contributed by atoms with Crippen molar-refractivity contribution in [2.24, 2.45) is 0 Å². The van der Waals surface area contributed by atoms with E-state index in [2.05, 4.69) is 27.5 Å². The fourth-order valence-corrected chi connectivity index (χ4v) is 4.22. The summed E-state index contributed by atoms with van der Waals surface area (Å²) in [5.41, 5.74) is 3.76. The van der Waals surface area contributed by atoms with E-state index in [0.29, 0.717) is 31.8 Å². The van der Waals surface area contributed by atoms with Crippen molar-refractivity contribution in [1.29, 1.82) is 0 Å². The van der Waals surface area contributed by atoms with Gasteiger partial charge in [0.05, 0.1) is 18.8 Å². The van der Waals surface area contributed by atoms with Crippen LogP contribution in [-0.2, 0) is 22.7 Å². The van der Waals surface area contributed by atoms with Gasteiger partial charge in [0.15, 0.2) is 0 Å². The molecule has 0 saturated heterocycles. The molecule has 0 bridgehead atoms. The van der Waals surface area contributed by atoms with Crippen LogP contribution >= 0.6 is 22.6 Å². The number of amides is 2. The Morgan fingerprint density at radius 3 is 2.53 bits per heavy atom. The Labute approximate surface area is 190 Å². The lowest BCUT2D eigenvalue weighted by Crippen LogP contribution is -2.51. The molecule has 2 aliphatic rings. The van der Waals surface area contributed by atoms with E-state index in [0.717, 1.165) is 20.4 Å². The Hall–Kier alpha value is -2.55. The molecule has 30 heavy (non-hydrogen) atoms. The molecule has 156 valence electrons. The minimum atomic E-state index is -0.379. The molecule has 2 heterocycles. The Morgan fingerprint density at radius 1 is 1.07 bits per heavy atom. The second kappa shape index (κ2) is 9.07. The van der Waals surface area contributed by atoms with Crippen LogP contribution in [0.25, 0.3) is 0 Å². The molecule has 7 heteroatoms. The number of rotatable bonds is 4. The predicted octanol–water partition coefficient (Wildman–Crippen LogP) is 3.82. The zero-order valence-electron chi connectivity index (χ0n) is 16.9. The molecule has 2 aromatic rings. The first-order valence-electron chi connectivity index (χ1n) is 9.94. The van der Waals surface area contributed by atoms with Crippen LogP contribution in [0.15, 0.2) is 65.9 Å². The van der Waals surface area contributed by atoms with Gasteiger partial charge in [0, 0.05) is 35.8 Å². The van der Waals surface area contributed by atoms with Gasteiger partial charge < -0.3 is 19.4 Å². The molecule has 0 spiro atoms. The molecule has 0 radical (unpaired) electrons. The Kier molecular flexibility index (Phi) is 6.26. The largest absolute Gasteiger partial charge is 0.445 e. The zero-order valence-corrected chi connectivity index (χ0v) is 19.0. The molecule has 0 saturated carbocycles. The first kappa shape index (κ1) is 20.7. The molecule has 0 atom stereocenters. The van der Waals surface area contributed by atoms with E-state index in [1.54, 1.807) is 4.90 Å². The highest BCUT2D eigenvalue weighted by atomic mass is 127. The lowest BCUT2D eigenvalue weighted by molar-refractivity contribution is -0.131. The van der Waals surface area contributed by atoms with E-state index in [9.17, 15) is 9.59 Å². The van der Waals surface area contributed by atoms with Crippen molar-refractivity contribution in [2.75, 3.05) is 26.8 Å². The fraction of sp³-hybridized carbons (Fsp3) is 0.304. The number of halogens is 1. The summed E-state index contributed by atoms with van der Waals surface area (Å²) >= 11 is 2.24. The maximum Gasteiger partial charge on any atom is 0.410 e. The van der Waals surface area contributed by atoms with Crippen molar-refractivity contribution in [3.8, 4) is 0 Å². The number of hydrogen-bond donors (Lipinski definition) is 0.